The number of benzene rings is 1. The van der Waals surface area contributed by atoms with Gasteiger partial charge in [0.05, 0.1) is 0 Å². The van der Waals surface area contributed by atoms with Crippen molar-refractivity contribution in [2.24, 2.45) is 0 Å². The number of nitrogens with zero attached hydrogens (tertiary/aromatic N) is 5. The number of aromatic nitrogens is 3. The first kappa shape index (κ1) is 17.4. The zero-order valence-corrected chi connectivity index (χ0v) is 16.2. The topological polar surface area (TPSA) is 67.4 Å². The normalized spacial score (nSPS) is 20.9. The van der Waals surface area contributed by atoms with E-state index >= 15 is 0 Å². The van der Waals surface area contributed by atoms with Crippen molar-refractivity contribution in [1.82, 2.24) is 24.6 Å². The van der Waals surface area contributed by atoms with Gasteiger partial charge in [-0.05, 0) is 32.0 Å². The van der Waals surface area contributed by atoms with Gasteiger partial charge in [-0.3, -0.25) is 4.79 Å². The molecular weight excluding hydrogens is 354 g/mol. The van der Waals surface area contributed by atoms with Gasteiger partial charge in [0.15, 0.2) is 5.76 Å². The summed E-state index contributed by atoms with van der Waals surface area (Å²) in [5.41, 5.74) is 0.756. The van der Waals surface area contributed by atoms with Gasteiger partial charge in [0.2, 0.25) is 0 Å². The molecule has 2 aliphatic rings. The number of hydrogen-bond donors (Lipinski definition) is 0. The van der Waals surface area contributed by atoms with Crippen LogP contribution in [0.25, 0.3) is 11.0 Å². The second-order valence-corrected chi connectivity index (χ2v) is 7.92. The Morgan fingerprint density at radius 1 is 1.14 bits per heavy atom. The third-order valence-electron chi connectivity index (χ3n) is 5.99. The van der Waals surface area contributed by atoms with Gasteiger partial charge in [0, 0.05) is 50.4 Å². The number of fused-ring (bicyclic) bond motifs is 2. The summed E-state index contributed by atoms with van der Waals surface area (Å²) in [6.07, 6.45) is 2.94. The molecule has 28 heavy (non-hydrogen) atoms. The fourth-order valence-corrected chi connectivity index (χ4v) is 4.37. The minimum absolute atomic E-state index is 0.0313. The number of likely N-dealkylation sites (tertiary alicyclic amines) is 1. The summed E-state index contributed by atoms with van der Waals surface area (Å²) >= 11 is 0. The molecule has 1 amide bonds. The summed E-state index contributed by atoms with van der Waals surface area (Å²) in [4.78, 5) is 17.3. The van der Waals surface area contributed by atoms with Crippen LogP contribution in [0.3, 0.4) is 0 Å². The first-order chi connectivity index (χ1) is 13.7. The van der Waals surface area contributed by atoms with E-state index in [-0.39, 0.29) is 11.8 Å². The van der Waals surface area contributed by atoms with Crippen molar-refractivity contribution in [2.45, 2.75) is 31.7 Å². The number of rotatable bonds is 2. The van der Waals surface area contributed by atoms with E-state index < -0.39 is 0 Å². The quantitative estimate of drug-likeness (QED) is 0.684. The van der Waals surface area contributed by atoms with Crippen molar-refractivity contribution >= 4 is 16.9 Å². The standard InChI is InChI=1S/C21H25N5O2/c1-24-10-8-19-22-23-20(26(19)12-11-24)16-6-4-9-25(14-16)21(27)18-13-15-5-2-3-7-17(15)28-18/h2-3,5,7,13,16H,4,6,8-12,14H2,1H3. The Bertz CT molecular complexity index is 974. The molecule has 0 radical (unpaired) electrons. The van der Waals surface area contributed by atoms with E-state index in [0.717, 1.165) is 68.1 Å². The highest BCUT2D eigenvalue weighted by molar-refractivity contribution is 5.96. The molecular formula is C21H25N5O2. The predicted octanol–water partition coefficient (Wildman–Crippen LogP) is 2.53. The third-order valence-corrected chi connectivity index (χ3v) is 5.99. The van der Waals surface area contributed by atoms with Crippen LogP contribution in [0, 0.1) is 0 Å². The van der Waals surface area contributed by atoms with Crippen LogP contribution in [0.4, 0.5) is 0 Å². The number of furan rings is 1. The molecule has 4 heterocycles. The molecule has 1 unspecified atom stereocenters. The van der Waals surface area contributed by atoms with E-state index in [2.05, 4.69) is 26.7 Å². The van der Waals surface area contributed by atoms with Crippen LogP contribution in [0.15, 0.2) is 34.7 Å². The van der Waals surface area contributed by atoms with E-state index in [9.17, 15) is 4.79 Å². The summed E-state index contributed by atoms with van der Waals surface area (Å²) < 4.78 is 8.08. The lowest BCUT2D eigenvalue weighted by molar-refractivity contribution is 0.0673. The van der Waals surface area contributed by atoms with Crippen LogP contribution in [-0.4, -0.2) is 63.7 Å². The van der Waals surface area contributed by atoms with E-state index in [0.29, 0.717) is 12.3 Å². The average Bonchev–Trinajstić information content (AvgIpc) is 3.29. The zero-order chi connectivity index (χ0) is 19.1. The molecule has 1 saturated heterocycles. The van der Waals surface area contributed by atoms with Gasteiger partial charge in [-0.1, -0.05) is 18.2 Å². The van der Waals surface area contributed by atoms with Gasteiger partial charge in [-0.25, -0.2) is 0 Å². The molecule has 7 nitrogen and oxygen atoms in total. The lowest BCUT2D eigenvalue weighted by atomic mass is 9.96. The largest absolute Gasteiger partial charge is 0.451 e. The zero-order valence-electron chi connectivity index (χ0n) is 16.2. The lowest BCUT2D eigenvalue weighted by Crippen LogP contribution is -2.39. The highest BCUT2D eigenvalue weighted by Crippen LogP contribution is 2.29. The molecule has 0 aliphatic carbocycles. The number of carbonyl (C=O) groups is 1. The maximum Gasteiger partial charge on any atom is 0.289 e. The maximum absolute atomic E-state index is 13.1. The molecule has 3 aromatic rings. The van der Waals surface area contributed by atoms with Crippen LogP contribution in [0.2, 0.25) is 0 Å². The van der Waals surface area contributed by atoms with Crippen molar-refractivity contribution in [2.75, 3.05) is 33.2 Å². The van der Waals surface area contributed by atoms with Crippen LogP contribution < -0.4 is 0 Å². The molecule has 5 rings (SSSR count). The molecule has 0 saturated carbocycles. The number of hydrogen-bond acceptors (Lipinski definition) is 5. The molecule has 1 atom stereocenters. The van der Waals surface area contributed by atoms with E-state index in [4.69, 9.17) is 4.42 Å². The number of piperidine rings is 1. The van der Waals surface area contributed by atoms with Crippen molar-refractivity contribution in [3.05, 3.63) is 47.7 Å². The Morgan fingerprint density at radius 3 is 2.93 bits per heavy atom. The molecule has 0 spiro atoms. The predicted molar refractivity (Wildman–Crippen MR) is 105 cm³/mol. The Kier molecular flexibility index (Phi) is 4.39. The minimum Gasteiger partial charge on any atom is -0.451 e. The maximum atomic E-state index is 13.1. The van der Waals surface area contributed by atoms with Crippen LogP contribution in [0.5, 0.6) is 0 Å². The van der Waals surface area contributed by atoms with Gasteiger partial charge in [-0.15, -0.1) is 10.2 Å². The Morgan fingerprint density at radius 2 is 2.04 bits per heavy atom. The van der Waals surface area contributed by atoms with Crippen LogP contribution in [-0.2, 0) is 13.0 Å². The van der Waals surface area contributed by atoms with E-state index in [1.165, 1.54) is 0 Å². The van der Waals surface area contributed by atoms with Gasteiger partial charge in [0.25, 0.3) is 5.91 Å². The summed E-state index contributed by atoms with van der Waals surface area (Å²) in [5.74, 6) is 2.72. The number of amides is 1. The molecule has 1 fully saturated rings. The first-order valence-electron chi connectivity index (χ1n) is 10.1. The number of carbonyl (C=O) groups excluding carboxylic acids is 1. The van der Waals surface area contributed by atoms with Gasteiger partial charge >= 0.3 is 0 Å². The second kappa shape index (κ2) is 7.05. The van der Waals surface area contributed by atoms with Crippen LogP contribution >= 0.6 is 0 Å². The van der Waals surface area contributed by atoms with Gasteiger partial charge < -0.3 is 18.8 Å². The van der Waals surface area contributed by atoms with E-state index in [1.54, 1.807) is 0 Å². The van der Waals surface area contributed by atoms with Crippen LogP contribution in [0.1, 0.15) is 41.0 Å². The Hall–Kier alpha value is -2.67. The molecule has 146 valence electrons. The summed E-state index contributed by atoms with van der Waals surface area (Å²) in [6.45, 7) is 4.37. The Labute approximate surface area is 163 Å². The summed E-state index contributed by atoms with van der Waals surface area (Å²) in [7, 11) is 2.15. The van der Waals surface area contributed by atoms with Gasteiger partial charge in [-0.2, -0.15) is 0 Å². The molecule has 0 bridgehead atoms. The van der Waals surface area contributed by atoms with Gasteiger partial charge in [0.1, 0.15) is 17.2 Å². The Balaban J connectivity index is 1.37. The van der Waals surface area contributed by atoms with Crippen molar-refractivity contribution < 1.29 is 9.21 Å². The SMILES string of the molecule is CN1CCc2nnc(C3CCCN(C(=O)c4cc5ccccc5o4)C3)n2CC1. The molecule has 2 aliphatic heterocycles. The second-order valence-electron chi connectivity index (χ2n) is 7.92. The monoisotopic (exact) mass is 379 g/mol. The smallest absolute Gasteiger partial charge is 0.289 e. The van der Waals surface area contributed by atoms with Crippen molar-refractivity contribution in [1.29, 1.82) is 0 Å². The minimum atomic E-state index is -0.0313. The van der Waals surface area contributed by atoms with Crippen molar-refractivity contribution in [3.63, 3.8) is 0 Å². The lowest BCUT2D eigenvalue weighted by Gasteiger charge is -2.32. The fraction of sp³-hybridized carbons (Fsp3) is 0.476. The number of likely N-dealkylation sites (N-methyl/N-ethyl adjacent to an activating group) is 1. The molecule has 7 heteroatoms. The molecule has 1 aromatic carbocycles. The van der Waals surface area contributed by atoms with Crippen molar-refractivity contribution in [3.8, 4) is 0 Å². The third kappa shape index (κ3) is 3.09. The van der Waals surface area contributed by atoms with E-state index in [1.807, 2.05) is 35.2 Å². The highest BCUT2D eigenvalue weighted by Gasteiger charge is 2.31. The molecule has 2 aromatic heterocycles. The molecule has 0 N–H and O–H groups in total. The summed E-state index contributed by atoms with van der Waals surface area (Å²) in [5, 5.41) is 9.93. The average molecular weight is 379 g/mol. The summed E-state index contributed by atoms with van der Waals surface area (Å²) in [6, 6.07) is 9.59. The fourth-order valence-electron chi connectivity index (χ4n) is 4.37. The number of para-hydroxylation sites is 1. The highest BCUT2D eigenvalue weighted by atomic mass is 16.3. The first-order valence-corrected chi connectivity index (χ1v) is 10.1.